The minimum atomic E-state index is -0.152. The van der Waals surface area contributed by atoms with Gasteiger partial charge in [-0.1, -0.05) is 18.5 Å². The molecule has 3 N–H and O–H groups in total. The first-order valence-corrected chi connectivity index (χ1v) is 7.64. The molecule has 0 aliphatic rings. The maximum Gasteiger partial charge on any atom is 0.0996 e. The molecule has 0 amide bonds. The van der Waals surface area contributed by atoms with E-state index in [4.69, 9.17) is 17.4 Å². The highest BCUT2D eigenvalue weighted by Crippen LogP contribution is 2.35. The van der Waals surface area contributed by atoms with Gasteiger partial charge in [-0.25, -0.2) is 5.43 Å². The van der Waals surface area contributed by atoms with Gasteiger partial charge in [-0.15, -0.1) is 11.3 Å². The van der Waals surface area contributed by atoms with Crippen LogP contribution in [0.4, 0.5) is 0 Å². The SMILES string of the molecule is CCCn1ncc(Br)c1C(NN)c1sccc1Cl. The molecule has 0 aliphatic heterocycles. The molecule has 0 bridgehead atoms. The molecular formula is C11H14BrClN4S. The first-order valence-electron chi connectivity index (χ1n) is 5.59. The average Bonchev–Trinajstić information content (AvgIpc) is 2.91. The number of hydrogen-bond donors (Lipinski definition) is 2. The Kier molecular flexibility index (Phi) is 4.80. The Hall–Kier alpha value is -0.400. The lowest BCUT2D eigenvalue weighted by Gasteiger charge is -2.17. The van der Waals surface area contributed by atoms with Crippen LogP contribution < -0.4 is 11.3 Å². The van der Waals surface area contributed by atoms with E-state index >= 15 is 0 Å². The number of halogens is 2. The van der Waals surface area contributed by atoms with Crippen LogP contribution in [0.1, 0.15) is 30.0 Å². The number of nitrogens with one attached hydrogen (secondary N) is 1. The maximum atomic E-state index is 6.18. The van der Waals surface area contributed by atoms with Gasteiger partial charge in [0.1, 0.15) is 0 Å². The van der Waals surface area contributed by atoms with E-state index in [0.29, 0.717) is 0 Å². The Morgan fingerprint density at radius 2 is 2.44 bits per heavy atom. The van der Waals surface area contributed by atoms with Crippen LogP contribution in [0.25, 0.3) is 0 Å². The standard InChI is InChI=1S/C11H14BrClN4S/c1-2-4-17-10(7(12)6-15-17)9(16-14)11-8(13)3-5-18-11/h3,5-6,9,16H,2,4,14H2,1H3. The molecule has 2 aromatic rings. The largest absolute Gasteiger partial charge is 0.270 e. The molecule has 0 aromatic carbocycles. The number of aryl methyl sites for hydroxylation is 1. The number of hydrogen-bond acceptors (Lipinski definition) is 4. The molecule has 4 nitrogen and oxygen atoms in total. The summed E-state index contributed by atoms with van der Waals surface area (Å²) in [5.74, 6) is 5.69. The van der Waals surface area contributed by atoms with Gasteiger partial charge in [-0.2, -0.15) is 5.10 Å². The van der Waals surface area contributed by atoms with Crippen LogP contribution in [0, 0.1) is 0 Å². The van der Waals surface area contributed by atoms with Crippen molar-refractivity contribution >= 4 is 38.9 Å². The second-order valence-corrected chi connectivity index (χ2v) is 6.04. The molecule has 2 heterocycles. The van der Waals surface area contributed by atoms with Crippen molar-refractivity contribution in [1.82, 2.24) is 15.2 Å². The van der Waals surface area contributed by atoms with Crippen LogP contribution in [0.5, 0.6) is 0 Å². The third kappa shape index (κ3) is 2.62. The van der Waals surface area contributed by atoms with Crippen molar-refractivity contribution in [1.29, 1.82) is 0 Å². The Labute approximate surface area is 123 Å². The Bertz CT molecular complexity index is 525. The number of hydrazine groups is 1. The van der Waals surface area contributed by atoms with Gasteiger partial charge in [0.25, 0.3) is 0 Å². The molecule has 98 valence electrons. The van der Waals surface area contributed by atoms with Gasteiger partial charge in [-0.3, -0.25) is 10.5 Å². The summed E-state index contributed by atoms with van der Waals surface area (Å²) in [6, 6.07) is 1.72. The summed E-state index contributed by atoms with van der Waals surface area (Å²) in [5.41, 5.74) is 3.83. The lowest BCUT2D eigenvalue weighted by atomic mass is 10.2. The summed E-state index contributed by atoms with van der Waals surface area (Å²) in [6.07, 6.45) is 2.80. The zero-order chi connectivity index (χ0) is 13.1. The molecule has 18 heavy (non-hydrogen) atoms. The van der Waals surface area contributed by atoms with Gasteiger partial charge in [0, 0.05) is 11.4 Å². The van der Waals surface area contributed by atoms with Crippen molar-refractivity contribution in [3.05, 3.63) is 37.7 Å². The van der Waals surface area contributed by atoms with E-state index in [1.807, 2.05) is 16.1 Å². The number of thiophene rings is 1. The molecule has 7 heteroatoms. The van der Waals surface area contributed by atoms with Crippen molar-refractivity contribution in [2.75, 3.05) is 0 Å². The monoisotopic (exact) mass is 348 g/mol. The summed E-state index contributed by atoms with van der Waals surface area (Å²) in [7, 11) is 0. The molecule has 0 spiro atoms. The van der Waals surface area contributed by atoms with Gasteiger partial charge in [-0.05, 0) is 33.8 Å². The molecule has 0 radical (unpaired) electrons. The lowest BCUT2D eigenvalue weighted by Crippen LogP contribution is -2.30. The first-order chi connectivity index (χ1) is 8.69. The summed E-state index contributed by atoms with van der Waals surface area (Å²) in [4.78, 5) is 0.998. The molecule has 2 rings (SSSR count). The predicted octanol–water partition coefficient (Wildman–Crippen LogP) is 3.32. The van der Waals surface area contributed by atoms with E-state index in [2.05, 4.69) is 33.4 Å². The summed E-state index contributed by atoms with van der Waals surface area (Å²) >= 11 is 11.3. The zero-order valence-electron chi connectivity index (χ0n) is 9.86. The molecule has 1 unspecified atom stereocenters. The highest BCUT2D eigenvalue weighted by Gasteiger charge is 2.23. The quantitative estimate of drug-likeness (QED) is 0.643. The van der Waals surface area contributed by atoms with Crippen molar-refractivity contribution in [3.63, 3.8) is 0 Å². The Morgan fingerprint density at radius 1 is 1.67 bits per heavy atom. The van der Waals surface area contributed by atoms with E-state index in [0.717, 1.165) is 33.0 Å². The third-order valence-corrected chi connectivity index (χ3v) is 4.65. The van der Waals surface area contributed by atoms with Crippen molar-refractivity contribution < 1.29 is 0 Å². The first kappa shape index (κ1) is 14.0. The maximum absolute atomic E-state index is 6.18. The van der Waals surface area contributed by atoms with Crippen LogP contribution in [0.3, 0.4) is 0 Å². The number of rotatable bonds is 5. The zero-order valence-corrected chi connectivity index (χ0v) is 13.0. The molecule has 0 aliphatic carbocycles. The van der Waals surface area contributed by atoms with Crippen LogP contribution in [0.2, 0.25) is 5.02 Å². The van der Waals surface area contributed by atoms with Crippen LogP contribution in [0.15, 0.2) is 22.1 Å². The fourth-order valence-electron chi connectivity index (χ4n) is 1.84. The van der Waals surface area contributed by atoms with Crippen LogP contribution >= 0.6 is 38.9 Å². The third-order valence-electron chi connectivity index (χ3n) is 2.62. The molecule has 0 saturated carbocycles. The second kappa shape index (κ2) is 6.16. The van der Waals surface area contributed by atoms with E-state index < -0.39 is 0 Å². The number of aromatic nitrogens is 2. The van der Waals surface area contributed by atoms with Gasteiger partial charge >= 0.3 is 0 Å². The van der Waals surface area contributed by atoms with Crippen molar-refractivity contribution in [2.45, 2.75) is 25.9 Å². The van der Waals surface area contributed by atoms with Crippen LogP contribution in [-0.2, 0) is 6.54 Å². The van der Waals surface area contributed by atoms with Gasteiger partial charge in [0.2, 0.25) is 0 Å². The molecular weight excluding hydrogens is 336 g/mol. The van der Waals surface area contributed by atoms with E-state index in [-0.39, 0.29) is 6.04 Å². The number of nitrogens with two attached hydrogens (primary N) is 1. The fourth-order valence-corrected chi connectivity index (χ4v) is 3.59. The normalized spacial score (nSPS) is 12.9. The Morgan fingerprint density at radius 3 is 3.00 bits per heavy atom. The summed E-state index contributed by atoms with van der Waals surface area (Å²) < 4.78 is 2.88. The molecule has 1 atom stereocenters. The second-order valence-electron chi connectivity index (χ2n) is 3.83. The van der Waals surface area contributed by atoms with Gasteiger partial charge < -0.3 is 0 Å². The van der Waals surface area contributed by atoms with Crippen LogP contribution in [-0.4, -0.2) is 9.78 Å². The van der Waals surface area contributed by atoms with E-state index in [9.17, 15) is 0 Å². The van der Waals surface area contributed by atoms with E-state index in [1.165, 1.54) is 0 Å². The topological polar surface area (TPSA) is 55.9 Å². The number of nitrogens with zero attached hydrogens (tertiary/aromatic N) is 2. The van der Waals surface area contributed by atoms with Crippen molar-refractivity contribution in [3.8, 4) is 0 Å². The fraction of sp³-hybridized carbons (Fsp3) is 0.364. The van der Waals surface area contributed by atoms with Gasteiger partial charge in [0.05, 0.1) is 27.4 Å². The van der Waals surface area contributed by atoms with Crippen molar-refractivity contribution in [2.24, 2.45) is 5.84 Å². The molecule has 0 fully saturated rings. The molecule has 2 aromatic heterocycles. The van der Waals surface area contributed by atoms with E-state index in [1.54, 1.807) is 17.5 Å². The summed E-state index contributed by atoms with van der Waals surface area (Å²) in [6.45, 7) is 2.96. The average molecular weight is 350 g/mol. The highest BCUT2D eigenvalue weighted by molar-refractivity contribution is 9.10. The minimum absolute atomic E-state index is 0.152. The lowest BCUT2D eigenvalue weighted by molar-refractivity contribution is 0.523. The van der Waals surface area contributed by atoms with Gasteiger partial charge in [0.15, 0.2) is 0 Å². The molecule has 0 saturated heterocycles. The Balaban J connectivity index is 2.45. The predicted molar refractivity (Wildman–Crippen MR) is 78.7 cm³/mol. The highest BCUT2D eigenvalue weighted by atomic mass is 79.9. The smallest absolute Gasteiger partial charge is 0.0996 e. The minimum Gasteiger partial charge on any atom is -0.270 e. The summed E-state index contributed by atoms with van der Waals surface area (Å²) in [5, 5.41) is 7.03.